The molecule has 0 aliphatic heterocycles. The van der Waals surface area contributed by atoms with E-state index in [1.807, 2.05) is 0 Å². The van der Waals surface area contributed by atoms with Crippen molar-refractivity contribution >= 4 is 33.5 Å². The predicted molar refractivity (Wildman–Crippen MR) is 56.3 cm³/mol. The van der Waals surface area contributed by atoms with Gasteiger partial charge >= 0.3 is 0 Å². The number of halogens is 2. The number of aromatic nitrogens is 4. The highest BCUT2D eigenvalue weighted by molar-refractivity contribution is 9.10. The van der Waals surface area contributed by atoms with Crippen molar-refractivity contribution in [3.8, 4) is 5.82 Å². The fourth-order valence-electron chi connectivity index (χ4n) is 0.949. The van der Waals surface area contributed by atoms with Crippen molar-refractivity contribution in [3.05, 3.63) is 28.1 Å². The van der Waals surface area contributed by atoms with Crippen LogP contribution < -0.4 is 5.73 Å². The summed E-state index contributed by atoms with van der Waals surface area (Å²) in [5.41, 5.74) is 5.45. The zero-order valence-electron chi connectivity index (χ0n) is 6.85. The highest BCUT2D eigenvalue weighted by Gasteiger charge is 2.06. The second kappa shape index (κ2) is 3.55. The van der Waals surface area contributed by atoms with Gasteiger partial charge in [0.2, 0.25) is 5.95 Å². The van der Waals surface area contributed by atoms with Crippen molar-refractivity contribution < 1.29 is 0 Å². The number of nitrogens with zero attached hydrogens (tertiary/aromatic N) is 4. The highest BCUT2D eigenvalue weighted by Crippen LogP contribution is 2.19. The van der Waals surface area contributed by atoms with Crippen molar-refractivity contribution in [2.24, 2.45) is 0 Å². The lowest BCUT2D eigenvalue weighted by atomic mass is 10.6. The lowest BCUT2D eigenvalue weighted by Gasteiger charge is -2.02. The molecule has 0 aliphatic carbocycles. The first-order chi connectivity index (χ1) is 6.66. The summed E-state index contributed by atoms with van der Waals surface area (Å²) in [5.74, 6) is 0.749. The van der Waals surface area contributed by atoms with Gasteiger partial charge in [0, 0.05) is 6.20 Å². The first kappa shape index (κ1) is 9.42. The molecule has 2 rings (SSSR count). The van der Waals surface area contributed by atoms with Gasteiger partial charge in [-0.2, -0.15) is 10.1 Å². The van der Waals surface area contributed by atoms with Crippen LogP contribution in [0.5, 0.6) is 0 Å². The Morgan fingerprint density at radius 3 is 2.86 bits per heavy atom. The number of nitrogens with two attached hydrogens (primary N) is 1. The van der Waals surface area contributed by atoms with E-state index < -0.39 is 0 Å². The van der Waals surface area contributed by atoms with Crippen LogP contribution in [0.1, 0.15) is 0 Å². The van der Waals surface area contributed by atoms with Gasteiger partial charge in [0.1, 0.15) is 0 Å². The van der Waals surface area contributed by atoms with Gasteiger partial charge in [-0.15, -0.1) is 0 Å². The molecule has 2 aromatic heterocycles. The smallest absolute Gasteiger partial charge is 0.222 e. The van der Waals surface area contributed by atoms with Crippen LogP contribution in [0.3, 0.4) is 0 Å². The van der Waals surface area contributed by atoms with Gasteiger partial charge < -0.3 is 5.73 Å². The molecule has 0 atom stereocenters. The third-order valence-corrected chi connectivity index (χ3v) is 2.27. The molecule has 2 aromatic rings. The monoisotopic (exact) mass is 273 g/mol. The molecule has 0 amide bonds. The summed E-state index contributed by atoms with van der Waals surface area (Å²) in [4.78, 5) is 7.84. The van der Waals surface area contributed by atoms with Gasteiger partial charge in [-0.1, -0.05) is 11.6 Å². The standard InChI is InChI=1S/C7H5BrClN5/c8-5-2-11-7(10)13-6(5)14-3-4(9)1-12-14/h1-3H,(H2,10,11,13). The summed E-state index contributed by atoms with van der Waals surface area (Å²) < 4.78 is 2.22. The lowest BCUT2D eigenvalue weighted by molar-refractivity contribution is 0.836. The van der Waals surface area contributed by atoms with E-state index in [1.54, 1.807) is 12.4 Å². The molecular weight excluding hydrogens is 269 g/mol. The Morgan fingerprint density at radius 1 is 1.43 bits per heavy atom. The molecule has 0 aromatic carbocycles. The van der Waals surface area contributed by atoms with E-state index in [4.69, 9.17) is 17.3 Å². The number of hydrogen-bond acceptors (Lipinski definition) is 4. The lowest BCUT2D eigenvalue weighted by Crippen LogP contribution is -2.03. The molecule has 0 unspecified atom stereocenters. The van der Waals surface area contributed by atoms with E-state index in [0.29, 0.717) is 15.3 Å². The van der Waals surface area contributed by atoms with Crippen molar-refractivity contribution in [1.29, 1.82) is 0 Å². The molecule has 7 heteroatoms. The summed E-state index contributed by atoms with van der Waals surface area (Å²) in [5, 5.41) is 4.53. The fourth-order valence-corrected chi connectivity index (χ4v) is 1.46. The summed E-state index contributed by atoms with van der Waals surface area (Å²) in [6, 6.07) is 0. The first-order valence-corrected chi connectivity index (χ1v) is 4.82. The van der Waals surface area contributed by atoms with Crippen LogP contribution in [-0.2, 0) is 0 Å². The zero-order valence-corrected chi connectivity index (χ0v) is 9.20. The third kappa shape index (κ3) is 1.71. The van der Waals surface area contributed by atoms with E-state index >= 15 is 0 Å². The largest absolute Gasteiger partial charge is 0.368 e. The molecule has 14 heavy (non-hydrogen) atoms. The molecule has 0 spiro atoms. The van der Waals surface area contributed by atoms with Crippen molar-refractivity contribution in [3.63, 3.8) is 0 Å². The van der Waals surface area contributed by atoms with Crippen molar-refractivity contribution in [2.75, 3.05) is 5.73 Å². The molecular formula is C7H5BrClN5. The van der Waals surface area contributed by atoms with Gasteiger partial charge in [-0.05, 0) is 15.9 Å². The van der Waals surface area contributed by atoms with E-state index in [0.717, 1.165) is 0 Å². The third-order valence-electron chi connectivity index (χ3n) is 1.51. The van der Waals surface area contributed by atoms with Gasteiger partial charge in [-0.3, -0.25) is 0 Å². The Kier molecular flexibility index (Phi) is 2.39. The Morgan fingerprint density at radius 2 is 2.21 bits per heavy atom. The maximum atomic E-state index is 5.73. The van der Waals surface area contributed by atoms with Crippen LogP contribution >= 0.6 is 27.5 Å². The average Bonchev–Trinajstić information content (AvgIpc) is 2.56. The zero-order chi connectivity index (χ0) is 10.1. The van der Waals surface area contributed by atoms with E-state index in [9.17, 15) is 0 Å². The minimum absolute atomic E-state index is 0.190. The first-order valence-electron chi connectivity index (χ1n) is 3.65. The van der Waals surface area contributed by atoms with E-state index in [1.165, 1.54) is 10.9 Å². The summed E-state index contributed by atoms with van der Waals surface area (Å²) in [6.07, 6.45) is 4.72. The predicted octanol–water partition coefficient (Wildman–Crippen LogP) is 1.66. The molecule has 2 N–H and O–H groups in total. The summed E-state index contributed by atoms with van der Waals surface area (Å²) in [7, 11) is 0. The van der Waals surface area contributed by atoms with Crippen molar-refractivity contribution in [2.45, 2.75) is 0 Å². The summed E-state index contributed by atoms with van der Waals surface area (Å²) in [6.45, 7) is 0. The molecule has 0 saturated carbocycles. The van der Waals surface area contributed by atoms with Gasteiger partial charge in [-0.25, -0.2) is 9.67 Å². The van der Waals surface area contributed by atoms with E-state index in [-0.39, 0.29) is 5.95 Å². The highest BCUT2D eigenvalue weighted by atomic mass is 79.9. The van der Waals surface area contributed by atoms with Gasteiger partial charge in [0.05, 0.1) is 21.9 Å². The second-order valence-electron chi connectivity index (χ2n) is 2.50. The molecule has 72 valence electrons. The molecule has 0 radical (unpaired) electrons. The minimum Gasteiger partial charge on any atom is -0.368 e. The van der Waals surface area contributed by atoms with Crippen molar-refractivity contribution in [1.82, 2.24) is 19.7 Å². The molecule has 2 heterocycles. The minimum atomic E-state index is 0.190. The SMILES string of the molecule is Nc1ncc(Br)c(-n2cc(Cl)cn2)n1. The Hall–Kier alpha value is -1.14. The molecule has 0 aliphatic rings. The van der Waals surface area contributed by atoms with Crippen LogP contribution in [0.2, 0.25) is 5.02 Å². The van der Waals surface area contributed by atoms with Gasteiger partial charge in [0.15, 0.2) is 5.82 Å². The van der Waals surface area contributed by atoms with Crippen LogP contribution in [0.15, 0.2) is 23.1 Å². The van der Waals surface area contributed by atoms with Crippen LogP contribution in [0.25, 0.3) is 5.82 Å². The van der Waals surface area contributed by atoms with Gasteiger partial charge in [0.25, 0.3) is 0 Å². The van der Waals surface area contributed by atoms with Crippen LogP contribution in [0, 0.1) is 0 Å². The summed E-state index contributed by atoms with van der Waals surface area (Å²) >= 11 is 9.02. The van der Waals surface area contributed by atoms with Crippen LogP contribution in [0.4, 0.5) is 5.95 Å². The fraction of sp³-hybridized carbons (Fsp3) is 0. The Balaban J connectivity index is 2.55. The Bertz CT molecular complexity index is 469. The number of nitrogen functional groups attached to an aromatic ring is 1. The molecule has 0 saturated heterocycles. The quantitative estimate of drug-likeness (QED) is 0.858. The van der Waals surface area contributed by atoms with Crippen LogP contribution in [-0.4, -0.2) is 19.7 Å². The molecule has 0 fully saturated rings. The Labute approximate surface area is 93.0 Å². The number of rotatable bonds is 1. The normalized spacial score (nSPS) is 10.4. The van der Waals surface area contributed by atoms with E-state index in [2.05, 4.69) is 31.0 Å². The molecule has 0 bridgehead atoms. The second-order valence-corrected chi connectivity index (χ2v) is 3.79. The molecule has 5 nitrogen and oxygen atoms in total. The maximum absolute atomic E-state index is 5.73. The average molecular weight is 275 g/mol. The number of anilines is 1. The maximum Gasteiger partial charge on any atom is 0.222 e. The number of hydrogen-bond donors (Lipinski definition) is 1. The topological polar surface area (TPSA) is 69.6 Å².